The summed E-state index contributed by atoms with van der Waals surface area (Å²) in [6, 6.07) is 1.64. The quantitative estimate of drug-likeness (QED) is 0.767. The molecule has 2 atom stereocenters. The third-order valence-electron chi connectivity index (χ3n) is 3.22. The van der Waals surface area contributed by atoms with Crippen molar-refractivity contribution in [3.63, 3.8) is 0 Å². The van der Waals surface area contributed by atoms with Gasteiger partial charge < -0.3 is 14.5 Å². The molecule has 4 heterocycles. The SMILES string of the molecule is C1CC2OCCC2O1.O=c1[nH]c2cc(Cl)cnc2[nH]1. The van der Waals surface area contributed by atoms with Crippen LogP contribution in [0.1, 0.15) is 12.8 Å². The minimum absolute atomic E-state index is 0.269. The minimum Gasteiger partial charge on any atom is -0.375 e. The number of ether oxygens (including phenoxy) is 2. The number of nitrogens with zero attached hydrogens (tertiary/aromatic N) is 1. The lowest BCUT2D eigenvalue weighted by atomic mass is 10.2. The van der Waals surface area contributed by atoms with Crippen molar-refractivity contribution in [3.05, 3.63) is 27.8 Å². The highest BCUT2D eigenvalue weighted by Crippen LogP contribution is 2.25. The van der Waals surface area contributed by atoms with Gasteiger partial charge in [0.05, 0.1) is 22.7 Å². The summed E-state index contributed by atoms with van der Waals surface area (Å²) >= 11 is 5.63. The fourth-order valence-corrected chi connectivity index (χ4v) is 2.48. The number of aromatic amines is 2. The average molecular weight is 284 g/mol. The molecule has 0 aromatic carbocycles. The highest BCUT2D eigenvalue weighted by atomic mass is 35.5. The van der Waals surface area contributed by atoms with Crippen LogP contribution in [-0.2, 0) is 9.47 Å². The molecule has 2 aliphatic heterocycles. The van der Waals surface area contributed by atoms with Gasteiger partial charge >= 0.3 is 5.69 Å². The van der Waals surface area contributed by atoms with Gasteiger partial charge in [0.1, 0.15) is 0 Å². The van der Waals surface area contributed by atoms with E-state index in [2.05, 4.69) is 15.0 Å². The van der Waals surface area contributed by atoms with Crippen LogP contribution in [0.15, 0.2) is 17.1 Å². The first kappa shape index (κ1) is 12.7. The molecule has 0 aliphatic carbocycles. The zero-order valence-electron chi connectivity index (χ0n) is 10.2. The van der Waals surface area contributed by atoms with Crippen LogP contribution in [0.3, 0.4) is 0 Å². The summed E-state index contributed by atoms with van der Waals surface area (Å²) in [4.78, 5) is 19.6. The fraction of sp³-hybridized carbons (Fsp3) is 0.500. The second-order valence-electron chi connectivity index (χ2n) is 4.52. The maximum Gasteiger partial charge on any atom is 0.325 e. The summed E-state index contributed by atoms with van der Waals surface area (Å²) in [6.45, 7) is 1.82. The number of imidazole rings is 1. The van der Waals surface area contributed by atoms with Gasteiger partial charge in [-0.3, -0.25) is 4.98 Å². The smallest absolute Gasteiger partial charge is 0.325 e. The van der Waals surface area contributed by atoms with Gasteiger partial charge in [-0.15, -0.1) is 0 Å². The average Bonchev–Trinajstić information content (AvgIpc) is 3.01. The highest BCUT2D eigenvalue weighted by Gasteiger charge is 2.33. The number of H-pyrrole nitrogens is 2. The lowest BCUT2D eigenvalue weighted by molar-refractivity contribution is 0.0732. The monoisotopic (exact) mass is 283 g/mol. The maximum atomic E-state index is 10.7. The van der Waals surface area contributed by atoms with E-state index in [1.54, 1.807) is 6.07 Å². The van der Waals surface area contributed by atoms with Crippen LogP contribution >= 0.6 is 11.6 Å². The Bertz CT molecular complexity index is 604. The van der Waals surface area contributed by atoms with E-state index in [-0.39, 0.29) is 5.69 Å². The molecule has 2 aromatic heterocycles. The van der Waals surface area contributed by atoms with E-state index in [0.717, 1.165) is 26.1 Å². The molecular formula is C12H14ClN3O3. The van der Waals surface area contributed by atoms with Gasteiger partial charge in [0.25, 0.3) is 0 Å². The Kier molecular flexibility index (Phi) is 3.54. The molecule has 4 rings (SSSR count). The standard InChI is InChI=1S/C6H4ClN3O.C6H10O2/c7-3-1-4-5(8-2-3)10-6(11)9-4;1-3-7-6-2-4-8-5(1)6/h1-2H,(H2,8,9,10,11);5-6H,1-4H2. The Labute approximate surface area is 114 Å². The molecule has 0 amide bonds. The molecule has 102 valence electrons. The summed E-state index contributed by atoms with van der Waals surface area (Å²) < 4.78 is 10.7. The summed E-state index contributed by atoms with van der Waals surface area (Å²) in [6.07, 6.45) is 4.62. The molecule has 2 unspecified atom stereocenters. The molecule has 2 N–H and O–H groups in total. The van der Waals surface area contributed by atoms with E-state index in [4.69, 9.17) is 21.1 Å². The Morgan fingerprint density at radius 1 is 1.21 bits per heavy atom. The summed E-state index contributed by atoms with van der Waals surface area (Å²) in [5, 5.41) is 0.507. The van der Waals surface area contributed by atoms with Gasteiger partial charge in [-0.1, -0.05) is 11.6 Å². The number of hydrogen-bond donors (Lipinski definition) is 2. The number of fused-ring (bicyclic) bond motifs is 2. The molecule has 2 aromatic rings. The van der Waals surface area contributed by atoms with Gasteiger partial charge in [0.15, 0.2) is 5.65 Å². The number of halogens is 1. The first-order valence-electron chi connectivity index (χ1n) is 6.19. The van der Waals surface area contributed by atoms with Crippen LogP contribution < -0.4 is 5.69 Å². The molecule has 2 saturated heterocycles. The normalized spacial score (nSPS) is 25.1. The second-order valence-corrected chi connectivity index (χ2v) is 4.96. The molecule has 0 radical (unpaired) electrons. The third kappa shape index (κ3) is 2.80. The third-order valence-corrected chi connectivity index (χ3v) is 3.42. The van der Waals surface area contributed by atoms with Crippen molar-refractivity contribution in [3.8, 4) is 0 Å². The summed E-state index contributed by atoms with van der Waals surface area (Å²) in [5.41, 5.74) is 0.886. The van der Waals surface area contributed by atoms with Gasteiger partial charge in [-0.2, -0.15) is 0 Å². The molecule has 2 fully saturated rings. The Morgan fingerprint density at radius 3 is 2.58 bits per heavy atom. The number of pyridine rings is 1. The van der Waals surface area contributed by atoms with E-state index in [1.165, 1.54) is 6.20 Å². The van der Waals surface area contributed by atoms with Gasteiger partial charge in [-0.05, 0) is 18.9 Å². The van der Waals surface area contributed by atoms with Crippen molar-refractivity contribution in [1.82, 2.24) is 15.0 Å². The molecule has 19 heavy (non-hydrogen) atoms. The molecule has 0 spiro atoms. The Hall–Kier alpha value is -1.37. The minimum atomic E-state index is -0.269. The summed E-state index contributed by atoms with van der Waals surface area (Å²) in [5.74, 6) is 0. The predicted molar refractivity (Wildman–Crippen MR) is 70.4 cm³/mol. The van der Waals surface area contributed by atoms with Gasteiger partial charge in [0, 0.05) is 19.4 Å². The van der Waals surface area contributed by atoms with E-state index in [0.29, 0.717) is 28.4 Å². The second kappa shape index (κ2) is 5.32. The van der Waals surface area contributed by atoms with Crippen molar-refractivity contribution in [2.24, 2.45) is 0 Å². The molecule has 2 aliphatic rings. The fourth-order valence-electron chi connectivity index (χ4n) is 2.32. The van der Waals surface area contributed by atoms with Crippen LogP contribution in [0.25, 0.3) is 11.2 Å². The van der Waals surface area contributed by atoms with Crippen LogP contribution in [0.5, 0.6) is 0 Å². The van der Waals surface area contributed by atoms with Crippen molar-refractivity contribution < 1.29 is 9.47 Å². The van der Waals surface area contributed by atoms with E-state index < -0.39 is 0 Å². The zero-order valence-corrected chi connectivity index (χ0v) is 10.9. The lowest BCUT2D eigenvalue weighted by Crippen LogP contribution is -2.13. The first-order valence-corrected chi connectivity index (χ1v) is 6.57. The molecule has 6 nitrogen and oxygen atoms in total. The molecular weight excluding hydrogens is 270 g/mol. The molecule has 0 bridgehead atoms. The van der Waals surface area contributed by atoms with Crippen LogP contribution in [0, 0.1) is 0 Å². The van der Waals surface area contributed by atoms with Crippen molar-refractivity contribution in [1.29, 1.82) is 0 Å². The summed E-state index contributed by atoms with van der Waals surface area (Å²) in [7, 11) is 0. The van der Waals surface area contributed by atoms with E-state index in [9.17, 15) is 4.79 Å². The maximum absolute atomic E-state index is 10.7. The lowest BCUT2D eigenvalue weighted by Gasteiger charge is -2.03. The molecule has 7 heteroatoms. The predicted octanol–water partition coefficient (Wildman–Crippen LogP) is 1.47. The Balaban J connectivity index is 0.000000122. The number of hydrogen-bond acceptors (Lipinski definition) is 4. The first-order chi connectivity index (χ1) is 9.22. The van der Waals surface area contributed by atoms with Gasteiger partial charge in [0.2, 0.25) is 0 Å². The van der Waals surface area contributed by atoms with Crippen LogP contribution in [-0.4, -0.2) is 40.4 Å². The number of rotatable bonds is 0. The Morgan fingerprint density at radius 2 is 1.89 bits per heavy atom. The van der Waals surface area contributed by atoms with Crippen molar-refractivity contribution in [2.45, 2.75) is 25.0 Å². The molecule has 0 saturated carbocycles. The number of aromatic nitrogens is 3. The van der Waals surface area contributed by atoms with E-state index in [1.807, 2.05) is 0 Å². The van der Waals surface area contributed by atoms with Crippen molar-refractivity contribution in [2.75, 3.05) is 13.2 Å². The topological polar surface area (TPSA) is 80.0 Å². The largest absolute Gasteiger partial charge is 0.375 e. The van der Waals surface area contributed by atoms with Gasteiger partial charge in [-0.25, -0.2) is 9.78 Å². The zero-order chi connectivity index (χ0) is 13.2. The van der Waals surface area contributed by atoms with Crippen LogP contribution in [0.2, 0.25) is 5.02 Å². The van der Waals surface area contributed by atoms with E-state index >= 15 is 0 Å². The number of nitrogens with one attached hydrogen (secondary N) is 2. The van der Waals surface area contributed by atoms with Crippen molar-refractivity contribution >= 4 is 22.8 Å². The highest BCUT2D eigenvalue weighted by molar-refractivity contribution is 6.30. The van der Waals surface area contributed by atoms with Crippen LogP contribution in [0.4, 0.5) is 0 Å².